The van der Waals surface area contributed by atoms with E-state index in [0.29, 0.717) is 39.7 Å². The Labute approximate surface area is 229 Å². The number of carbonyl (C=O) groups is 1. The number of rotatable bonds is 8. The van der Waals surface area contributed by atoms with Crippen LogP contribution in [0.2, 0.25) is 5.02 Å². The van der Waals surface area contributed by atoms with E-state index in [1.165, 1.54) is 17.3 Å². The predicted octanol–water partition coefficient (Wildman–Crippen LogP) is 8.01. The molecule has 1 saturated heterocycles. The summed E-state index contributed by atoms with van der Waals surface area (Å²) in [6, 6.07) is 19.2. The number of aliphatic imine (C=N–C) groups is 1. The van der Waals surface area contributed by atoms with Gasteiger partial charge in [0.2, 0.25) is 0 Å². The summed E-state index contributed by atoms with van der Waals surface area (Å²) in [5, 5.41) is 1.30. The zero-order valence-corrected chi connectivity index (χ0v) is 23.4. The van der Waals surface area contributed by atoms with Gasteiger partial charge in [-0.3, -0.25) is 9.69 Å². The number of aryl methyl sites for hydroxylation is 1. The smallest absolute Gasteiger partial charge is 0.266 e. The fourth-order valence-corrected chi connectivity index (χ4v) is 5.32. The molecule has 0 N–H and O–H groups in total. The van der Waals surface area contributed by atoms with Gasteiger partial charge >= 0.3 is 0 Å². The minimum atomic E-state index is -0.0654. The number of amides is 1. The highest BCUT2D eigenvalue weighted by Crippen LogP contribution is 2.40. The van der Waals surface area contributed by atoms with Gasteiger partial charge in [-0.2, -0.15) is 0 Å². The highest BCUT2D eigenvalue weighted by atomic mass is 79.9. The molecule has 0 saturated carbocycles. The minimum Gasteiger partial charge on any atom is -0.493 e. The predicted molar refractivity (Wildman–Crippen MR) is 152 cm³/mol. The zero-order valence-electron chi connectivity index (χ0n) is 20.3. The Morgan fingerprint density at radius 2 is 1.83 bits per heavy atom. The van der Waals surface area contributed by atoms with Crippen LogP contribution in [0.3, 0.4) is 0 Å². The SMILES string of the molecule is CCCN1C(=O)/C(=C/c2cc(Br)c(OCc3ccc(C)cc3)c(OC)c2)SC1=Nc1ccc(Cl)cc1. The fraction of sp³-hybridized carbons (Fsp3) is 0.214. The molecule has 5 nitrogen and oxygen atoms in total. The van der Waals surface area contributed by atoms with E-state index >= 15 is 0 Å². The van der Waals surface area contributed by atoms with Crippen LogP contribution in [0.15, 0.2) is 75.0 Å². The van der Waals surface area contributed by atoms with Crippen LogP contribution in [-0.2, 0) is 11.4 Å². The molecule has 0 spiro atoms. The van der Waals surface area contributed by atoms with Gasteiger partial charge in [-0.05, 0) is 94.6 Å². The molecule has 1 aliphatic heterocycles. The standard InChI is InChI=1S/C28H26BrClN2O3S/c1-4-13-32-27(33)25(36-28(32)31-22-11-9-21(30)10-12-22)16-20-14-23(29)26(24(15-20)34-3)35-17-19-7-5-18(2)6-8-19/h5-12,14-16H,4,13,17H2,1-3H3/b25-16-,31-28?. The van der Waals surface area contributed by atoms with Crippen LogP contribution in [0.25, 0.3) is 6.08 Å². The van der Waals surface area contributed by atoms with E-state index < -0.39 is 0 Å². The molecule has 4 rings (SSSR count). The number of nitrogens with zero attached hydrogens (tertiary/aromatic N) is 2. The van der Waals surface area contributed by atoms with E-state index in [9.17, 15) is 4.79 Å². The average molecular weight is 586 g/mol. The Morgan fingerprint density at radius 1 is 1.11 bits per heavy atom. The monoisotopic (exact) mass is 584 g/mol. The largest absolute Gasteiger partial charge is 0.493 e. The van der Waals surface area contributed by atoms with E-state index in [1.54, 1.807) is 24.1 Å². The third-order valence-corrected chi connectivity index (χ3v) is 7.29. The number of hydrogen-bond donors (Lipinski definition) is 0. The number of hydrogen-bond acceptors (Lipinski definition) is 5. The Kier molecular flexibility index (Phi) is 8.77. The molecule has 0 atom stereocenters. The first-order chi connectivity index (χ1) is 17.4. The van der Waals surface area contributed by atoms with Crippen LogP contribution in [0.1, 0.15) is 30.0 Å². The minimum absolute atomic E-state index is 0.0654. The number of thioether (sulfide) groups is 1. The first-order valence-corrected chi connectivity index (χ1v) is 13.5. The van der Waals surface area contributed by atoms with Gasteiger partial charge in [0.15, 0.2) is 16.7 Å². The van der Waals surface area contributed by atoms with Gasteiger partial charge in [0.25, 0.3) is 5.91 Å². The van der Waals surface area contributed by atoms with Gasteiger partial charge in [0.1, 0.15) is 6.61 Å². The topological polar surface area (TPSA) is 51.1 Å². The lowest BCUT2D eigenvalue weighted by Gasteiger charge is -2.14. The quantitative estimate of drug-likeness (QED) is 0.251. The van der Waals surface area contributed by atoms with E-state index in [-0.39, 0.29) is 5.91 Å². The van der Waals surface area contributed by atoms with Crippen LogP contribution in [-0.4, -0.2) is 29.6 Å². The Morgan fingerprint density at radius 3 is 2.50 bits per heavy atom. The van der Waals surface area contributed by atoms with Crippen molar-refractivity contribution in [2.24, 2.45) is 4.99 Å². The van der Waals surface area contributed by atoms with Gasteiger partial charge in [0.05, 0.1) is 22.2 Å². The van der Waals surface area contributed by atoms with Crippen LogP contribution >= 0.6 is 39.3 Å². The second-order valence-electron chi connectivity index (χ2n) is 8.25. The summed E-state index contributed by atoms with van der Waals surface area (Å²) in [7, 11) is 1.60. The maximum atomic E-state index is 13.2. The summed E-state index contributed by atoms with van der Waals surface area (Å²) < 4.78 is 12.4. The summed E-state index contributed by atoms with van der Waals surface area (Å²) in [6.07, 6.45) is 2.68. The van der Waals surface area contributed by atoms with Crippen molar-refractivity contribution in [1.29, 1.82) is 0 Å². The van der Waals surface area contributed by atoms with Crippen LogP contribution in [0, 0.1) is 6.92 Å². The molecule has 3 aromatic rings. The number of benzene rings is 3. The highest BCUT2D eigenvalue weighted by Gasteiger charge is 2.33. The molecule has 0 aromatic heterocycles. The average Bonchev–Trinajstić information content (AvgIpc) is 3.14. The van der Waals surface area contributed by atoms with Gasteiger partial charge in [-0.15, -0.1) is 0 Å². The summed E-state index contributed by atoms with van der Waals surface area (Å²) in [5.41, 5.74) is 3.84. The normalized spacial score (nSPS) is 15.7. The van der Waals surface area contributed by atoms with Gasteiger partial charge < -0.3 is 9.47 Å². The molecular formula is C28H26BrClN2O3S. The number of amidine groups is 1. The molecule has 3 aromatic carbocycles. The zero-order chi connectivity index (χ0) is 25.7. The maximum Gasteiger partial charge on any atom is 0.266 e. The second-order valence-corrected chi connectivity index (χ2v) is 10.5. The molecule has 36 heavy (non-hydrogen) atoms. The summed E-state index contributed by atoms with van der Waals surface area (Å²) in [4.78, 5) is 20.2. The highest BCUT2D eigenvalue weighted by molar-refractivity contribution is 9.10. The summed E-state index contributed by atoms with van der Waals surface area (Å²) in [5.74, 6) is 1.13. The van der Waals surface area contributed by atoms with E-state index in [4.69, 9.17) is 26.1 Å². The summed E-state index contributed by atoms with van der Waals surface area (Å²) in [6.45, 7) is 5.10. The van der Waals surface area contributed by atoms with Crippen LogP contribution in [0.5, 0.6) is 11.5 Å². The van der Waals surface area contributed by atoms with Crippen molar-refractivity contribution in [2.75, 3.05) is 13.7 Å². The van der Waals surface area contributed by atoms with Crippen molar-refractivity contribution in [3.63, 3.8) is 0 Å². The van der Waals surface area contributed by atoms with Gasteiger partial charge in [-0.1, -0.05) is 48.4 Å². The number of ether oxygens (including phenoxy) is 2. The number of carbonyl (C=O) groups excluding carboxylic acids is 1. The summed E-state index contributed by atoms with van der Waals surface area (Å²) >= 11 is 11.0. The Bertz CT molecular complexity index is 1310. The van der Waals surface area contributed by atoms with Crippen molar-refractivity contribution in [3.8, 4) is 11.5 Å². The first-order valence-electron chi connectivity index (χ1n) is 11.5. The molecule has 0 aliphatic carbocycles. The molecular weight excluding hydrogens is 560 g/mol. The fourth-order valence-electron chi connectivity index (χ4n) is 3.59. The molecule has 1 heterocycles. The van der Waals surface area contributed by atoms with Crippen molar-refractivity contribution in [3.05, 3.63) is 91.8 Å². The van der Waals surface area contributed by atoms with Crippen LogP contribution < -0.4 is 9.47 Å². The number of methoxy groups -OCH3 is 1. The lowest BCUT2D eigenvalue weighted by atomic mass is 10.1. The maximum absolute atomic E-state index is 13.2. The van der Waals surface area contributed by atoms with Crippen molar-refractivity contribution >= 4 is 62.1 Å². The third kappa shape index (κ3) is 6.33. The first kappa shape index (κ1) is 26.3. The second kappa shape index (κ2) is 12.0. The van der Waals surface area contributed by atoms with Crippen molar-refractivity contribution in [2.45, 2.75) is 26.9 Å². The van der Waals surface area contributed by atoms with Gasteiger partial charge in [-0.25, -0.2) is 4.99 Å². The molecule has 8 heteroatoms. The molecule has 0 radical (unpaired) electrons. The third-order valence-electron chi connectivity index (χ3n) is 5.44. The molecule has 0 bridgehead atoms. The van der Waals surface area contributed by atoms with E-state index in [0.717, 1.165) is 27.7 Å². The Balaban J connectivity index is 1.59. The number of halogens is 2. The molecule has 0 unspecified atom stereocenters. The van der Waals surface area contributed by atoms with Crippen molar-refractivity contribution < 1.29 is 14.3 Å². The molecule has 1 aliphatic rings. The van der Waals surface area contributed by atoms with E-state index in [2.05, 4.69) is 35.0 Å². The molecule has 186 valence electrons. The Hall–Kier alpha value is -2.74. The van der Waals surface area contributed by atoms with Gasteiger partial charge in [0, 0.05) is 11.6 Å². The molecule has 1 amide bonds. The van der Waals surface area contributed by atoms with Crippen LogP contribution in [0.4, 0.5) is 5.69 Å². The molecule has 1 fully saturated rings. The lowest BCUT2D eigenvalue weighted by molar-refractivity contribution is -0.122. The lowest BCUT2D eigenvalue weighted by Crippen LogP contribution is -2.29. The van der Waals surface area contributed by atoms with Crippen molar-refractivity contribution in [1.82, 2.24) is 4.90 Å². The van der Waals surface area contributed by atoms with E-state index in [1.807, 2.05) is 49.4 Å².